The fraction of sp³-hybridized carbons (Fsp3) is 0.526. The Labute approximate surface area is 135 Å². The van der Waals surface area contributed by atoms with E-state index in [1.54, 1.807) is 0 Å². The molecule has 1 saturated heterocycles. The van der Waals surface area contributed by atoms with Crippen LogP contribution in [-0.4, -0.2) is 23.0 Å². The van der Waals surface area contributed by atoms with Crippen molar-refractivity contribution in [1.82, 2.24) is 4.90 Å². The average molecular weight is 301 g/mol. The predicted molar refractivity (Wildman–Crippen MR) is 96.8 cm³/mol. The molecule has 21 heavy (non-hydrogen) atoms. The van der Waals surface area contributed by atoms with E-state index >= 15 is 0 Å². The summed E-state index contributed by atoms with van der Waals surface area (Å²) in [5.41, 5.74) is 2.87. The fourth-order valence-electron chi connectivity index (χ4n) is 2.64. The van der Waals surface area contributed by atoms with E-state index < -0.39 is 0 Å². The first-order valence-electron chi connectivity index (χ1n) is 8.02. The molecule has 1 aromatic rings. The molecule has 1 heterocycles. The van der Waals surface area contributed by atoms with Gasteiger partial charge in [-0.2, -0.15) is 0 Å². The van der Waals surface area contributed by atoms with Crippen LogP contribution in [0.1, 0.15) is 57.6 Å². The van der Waals surface area contributed by atoms with Gasteiger partial charge in [0.05, 0.1) is 4.99 Å². The van der Waals surface area contributed by atoms with Crippen LogP contribution in [0.3, 0.4) is 0 Å². The first kappa shape index (κ1) is 16.2. The summed E-state index contributed by atoms with van der Waals surface area (Å²) in [4.78, 5) is 3.49. The van der Waals surface area contributed by atoms with Crippen molar-refractivity contribution < 1.29 is 0 Å². The second-order valence-corrected chi connectivity index (χ2v) is 7.40. The van der Waals surface area contributed by atoms with Crippen LogP contribution in [0.4, 0.5) is 0 Å². The molecule has 0 atom stereocenters. The normalized spacial score (nSPS) is 17.3. The van der Waals surface area contributed by atoms with Gasteiger partial charge < -0.3 is 4.90 Å². The lowest BCUT2D eigenvalue weighted by Gasteiger charge is -2.21. The molecule has 0 unspecified atom stereocenters. The standard InChI is InChI=1S/C19H27NS/c1-19(2,3)17-12-10-16(11-13-17)8-7-15-20-14-6-4-5-9-18(20)21/h7-8,10-13H,4-6,9,14-15H2,1-3H3/b8-7+. The van der Waals surface area contributed by atoms with E-state index in [4.69, 9.17) is 12.2 Å². The highest BCUT2D eigenvalue weighted by Gasteiger charge is 2.13. The maximum Gasteiger partial charge on any atom is 0.0782 e. The van der Waals surface area contributed by atoms with Crippen LogP contribution in [0.5, 0.6) is 0 Å². The monoisotopic (exact) mass is 301 g/mol. The zero-order valence-corrected chi connectivity index (χ0v) is 14.4. The summed E-state index contributed by atoms with van der Waals surface area (Å²) in [5, 5.41) is 0. The van der Waals surface area contributed by atoms with Gasteiger partial charge in [0.25, 0.3) is 0 Å². The van der Waals surface area contributed by atoms with Crippen LogP contribution < -0.4 is 0 Å². The van der Waals surface area contributed by atoms with Crippen LogP contribution in [0, 0.1) is 0 Å². The lowest BCUT2D eigenvalue weighted by Crippen LogP contribution is -2.28. The zero-order valence-electron chi connectivity index (χ0n) is 13.6. The molecule has 0 spiro atoms. The number of hydrogen-bond donors (Lipinski definition) is 0. The summed E-state index contributed by atoms with van der Waals surface area (Å²) in [7, 11) is 0. The molecule has 0 amide bonds. The van der Waals surface area contributed by atoms with Crippen LogP contribution in [0.2, 0.25) is 0 Å². The van der Waals surface area contributed by atoms with Crippen molar-refractivity contribution in [2.45, 2.75) is 51.9 Å². The summed E-state index contributed by atoms with van der Waals surface area (Å²) < 4.78 is 0. The SMILES string of the molecule is CC(C)(C)c1ccc(/C=C/CN2CCCCCC2=S)cc1. The largest absolute Gasteiger partial charge is 0.362 e. The van der Waals surface area contributed by atoms with E-state index in [2.05, 4.69) is 62.1 Å². The molecule has 1 aliphatic rings. The van der Waals surface area contributed by atoms with E-state index in [0.29, 0.717) is 0 Å². The van der Waals surface area contributed by atoms with Gasteiger partial charge in [0, 0.05) is 13.1 Å². The van der Waals surface area contributed by atoms with Crippen molar-refractivity contribution in [2.24, 2.45) is 0 Å². The van der Waals surface area contributed by atoms with Crippen molar-refractivity contribution in [1.29, 1.82) is 0 Å². The number of likely N-dealkylation sites (tertiary alicyclic amines) is 1. The highest BCUT2D eigenvalue weighted by Crippen LogP contribution is 2.22. The Kier molecular flexibility index (Phi) is 5.58. The Balaban J connectivity index is 1.93. The molecule has 0 N–H and O–H groups in total. The highest BCUT2D eigenvalue weighted by atomic mass is 32.1. The third-order valence-corrected chi connectivity index (χ3v) is 4.55. The Bertz CT molecular complexity index is 493. The van der Waals surface area contributed by atoms with E-state index in [9.17, 15) is 0 Å². The third kappa shape index (κ3) is 4.96. The van der Waals surface area contributed by atoms with Crippen molar-refractivity contribution in [2.75, 3.05) is 13.1 Å². The Morgan fingerprint density at radius 2 is 1.81 bits per heavy atom. The van der Waals surface area contributed by atoms with Crippen molar-refractivity contribution in [3.63, 3.8) is 0 Å². The number of rotatable bonds is 3. The maximum atomic E-state index is 5.49. The van der Waals surface area contributed by atoms with E-state index in [0.717, 1.165) is 24.5 Å². The summed E-state index contributed by atoms with van der Waals surface area (Å²) in [6.45, 7) is 8.81. The second kappa shape index (κ2) is 7.22. The van der Waals surface area contributed by atoms with E-state index in [1.165, 1.54) is 30.4 Å². The average Bonchev–Trinajstić information content (AvgIpc) is 2.64. The van der Waals surface area contributed by atoms with Crippen LogP contribution >= 0.6 is 12.2 Å². The van der Waals surface area contributed by atoms with Crippen molar-refractivity contribution in [3.05, 3.63) is 41.5 Å². The molecule has 1 fully saturated rings. The molecule has 1 aromatic carbocycles. The lowest BCUT2D eigenvalue weighted by atomic mass is 9.87. The van der Waals surface area contributed by atoms with Crippen LogP contribution in [0.15, 0.2) is 30.3 Å². The first-order chi connectivity index (χ1) is 9.97. The van der Waals surface area contributed by atoms with Crippen LogP contribution in [-0.2, 0) is 5.41 Å². The molecule has 1 aliphatic heterocycles. The van der Waals surface area contributed by atoms with Gasteiger partial charge >= 0.3 is 0 Å². The minimum atomic E-state index is 0.223. The maximum absolute atomic E-state index is 5.49. The van der Waals surface area contributed by atoms with Gasteiger partial charge in [0.1, 0.15) is 0 Å². The molecule has 0 radical (unpaired) electrons. The molecule has 114 valence electrons. The summed E-state index contributed by atoms with van der Waals surface area (Å²) in [6.07, 6.45) is 9.38. The molecule has 1 nitrogen and oxygen atoms in total. The van der Waals surface area contributed by atoms with Gasteiger partial charge in [0.15, 0.2) is 0 Å². The van der Waals surface area contributed by atoms with Gasteiger partial charge in [0.2, 0.25) is 0 Å². The predicted octanol–water partition coefficient (Wildman–Crippen LogP) is 5.20. The highest BCUT2D eigenvalue weighted by molar-refractivity contribution is 7.80. The Hall–Kier alpha value is -1.15. The van der Waals surface area contributed by atoms with Gasteiger partial charge in [-0.05, 0) is 35.8 Å². The smallest absolute Gasteiger partial charge is 0.0782 e. The molecule has 2 rings (SSSR count). The first-order valence-corrected chi connectivity index (χ1v) is 8.42. The molecule has 0 saturated carbocycles. The van der Waals surface area contributed by atoms with E-state index in [-0.39, 0.29) is 5.41 Å². The zero-order chi connectivity index (χ0) is 15.3. The molecule has 0 aliphatic carbocycles. The molecule has 0 aromatic heterocycles. The van der Waals surface area contributed by atoms with Gasteiger partial charge in [-0.25, -0.2) is 0 Å². The third-order valence-electron chi connectivity index (χ3n) is 4.08. The van der Waals surface area contributed by atoms with E-state index in [1.807, 2.05) is 0 Å². The molecular formula is C19H27NS. The quantitative estimate of drug-likeness (QED) is 0.706. The summed E-state index contributed by atoms with van der Waals surface area (Å²) in [5.74, 6) is 0. The van der Waals surface area contributed by atoms with Crippen molar-refractivity contribution in [3.8, 4) is 0 Å². The fourth-order valence-corrected chi connectivity index (χ4v) is 2.95. The lowest BCUT2D eigenvalue weighted by molar-refractivity contribution is 0.462. The molecule has 0 bridgehead atoms. The van der Waals surface area contributed by atoms with Crippen LogP contribution in [0.25, 0.3) is 6.08 Å². The Morgan fingerprint density at radius 3 is 2.48 bits per heavy atom. The minimum absolute atomic E-state index is 0.223. The Morgan fingerprint density at radius 1 is 1.10 bits per heavy atom. The van der Waals surface area contributed by atoms with Gasteiger partial charge in [-0.1, -0.05) is 75.8 Å². The summed E-state index contributed by atoms with van der Waals surface area (Å²) in [6, 6.07) is 8.88. The molecule has 2 heteroatoms. The van der Waals surface area contributed by atoms with Crippen molar-refractivity contribution >= 4 is 23.3 Å². The number of thiocarbonyl (C=S) groups is 1. The molecular weight excluding hydrogens is 274 g/mol. The number of benzene rings is 1. The number of hydrogen-bond acceptors (Lipinski definition) is 1. The van der Waals surface area contributed by atoms with Gasteiger partial charge in [-0.15, -0.1) is 0 Å². The second-order valence-electron chi connectivity index (χ2n) is 6.92. The minimum Gasteiger partial charge on any atom is -0.362 e. The number of nitrogens with zero attached hydrogens (tertiary/aromatic N) is 1. The summed E-state index contributed by atoms with van der Waals surface area (Å²) >= 11 is 5.49. The topological polar surface area (TPSA) is 3.24 Å². The van der Waals surface area contributed by atoms with Gasteiger partial charge in [-0.3, -0.25) is 0 Å².